The molecule has 0 saturated carbocycles. The maximum Gasteiger partial charge on any atom is 0.245 e. The molecule has 0 radical (unpaired) electrons. The fourth-order valence-electron chi connectivity index (χ4n) is 2.99. The van der Waals surface area contributed by atoms with Crippen LogP contribution in [0.1, 0.15) is 24.3 Å². The Morgan fingerprint density at radius 1 is 1.42 bits per heavy atom. The number of hydrogen-bond donors (Lipinski definition) is 0. The van der Waals surface area contributed by atoms with E-state index in [-0.39, 0.29) is 5.91 Å². The lowest BCUT2D eigenvalue weighted by molar-refractivity contribution is -0.127. The van der Waals surface area contributed by atoms with Crippen LogP contribution in [0.4, 0.5) is 5.82 Å². The molecule has 0 N–H and O–H groups in total. The molecular formula is C15H17N3O. The van der Waals surface area contributed by atoms with Crippen molar-refractivity contribution >= 4 is 17.9 Å². The monoisotopic (exact) mass is 255 g/mol. The van der Waals surface area contributed by atoms with Crippen LogP contribution >= 0.6 is 0 Å². The summed E-state index contributed by atoms with van der Waals surface area (Å²) in [5, 5.41) is 0. The van der Waals surface area contributed by atoms with Gasteiger partial charge in [-0.05, 0) is 30.9 Å². The van der Waals surface area contributed by atoms with Crippen LogP contribution in [0.25, 0.3) is 0 Å². The van der Waals surface area contributed by atoms with Crippen molar-refractivity contribution in [3.63, 3.8) is 0 Å². The minimum Gasteiger partial charge on any atom is -0.339 e. The van der Waals surface area contributed by atoms with E-state index in [1.165, 1.54) is 11.6 Å². The van der Waals surface area contributed by atoms with Gasteiger partial charge in [-0.1, -0.05) is 12.6 Å². The Morgan fingerprint density at radius 2 is 2.21 bits per heavy atom. The first-order valence-corrected chi connectivity index (χ1v) is 6.70. The number of piperidine rings is 1. The molecule has 2 aliphatic rings. The molecule has 98 valence electrons. The van der Waals surface area contributed by atoms with E-state index in [1.54, 1.807) is 6.20 Å². The first kappa shape index (κ1) is 12.1. The van der Waals surface area contributed by atoms with E-state index in [1.807, 2.05) is 17.2 Å². The molecule has 0 bridgehead atoms. The van der Waals surface area contributed by atoms with Crippen LogP contribution in [-0.4, -0.2) is 35.1 Å². The van der Waals surface area contributed by atoms with Gasteiger partial charge in [0.25, 0.3) is 0 Å². The molecule has 3 rings (SSSR count). The number of rotatable bonds is 2. The summed E-state index contributed by atoms with van der Waals surface area (Å²) in [6, 6.07) is 4.08. The van der Waals surface area contributed by atoms with Crippen LogP contribution in [0, 0.1) is 5.92 Å². The number of carbonyl (C=O) groups excluding carboxylic acids is 1. The van der Waals surface area contributed by atoms with E-state index >= 15 is 0 Å². The lowest BCUT2D eigenvalue weighted by Gasteiger charge is -2.33. The van der Waals surface area contributed by atoms with Gasteiger partial charge in [-0.25, -0.2) is 9.98 Å². The van der Waals surface area contributed by atoms with Gasteiger partial charge < -0.3 is 4.90 Å². The van der Waals surface area contributed by atoms with Gasteiger partial charge in [-0.3, -0.25) is 4.79 Å². The van der Waals surface area contributed by atoms with Gasteiger partial charge in [0.1, 0.15) is 0 Å². The molecule has 19 heavy (non-hydrogen) atoms. The molecule has 0 spiro atoms. The predicted octanol–water partition coefficient (Wildman–Crippen LogP) is 2.31. The van der Waals surface area contributed by atoms with E-state index in [0.717, 1.165) is 31.7 Å². The second kappa shape index (κ2) is 4.96. The van der Waals surface area contributed by atoms with Crippen molar-refractivity contribution in [1.82, 2.24) is 9.88 Å². The predicted molar refractivity (Wildman–Crippen MR) is 74.6 cm³/mol. The van der Waals surface area contributed by atoms with Crippen molar-refractivity contribution in [1.29, 1.82) is 0 Å². The van der Waals surface area contributed by atoms with Crippen LogP contribution in [0.5, 0.6) is 0 Å². The summed E-state index contributed by atoms with van der Waals surface area (Å²) in [5.41, 5.74) is 1.23. The number of aliphatic imine (C=N–C) groups is 1. The Morgan fingerprint density at radius 3 is 2.95 bits per heavy atom. The van der Waals surface area contributed by atoms with Crippen LogP contribution in [0.3, 0.4) is 0 Å². The lowest BCUT2D eigenvalue weighted by Crippen LogP contribution is -2.38. The van der Waals surface area contributed by atoms with E-state index < -0.39 is 0 Å². The van der Waals surface area contributed by atoms with Crippen molar-refractivity contribution < 1.29 is 4.79 Å². The zero-order valence-corrected chi connectivity index (χ0v) is 10.8. The average Bonchev–Trinajstić information content (AvgIpc) is 2.90. The Bertz CT molecular complexity index is 530. The average molecular weight is 255 g/mol. The van der Waals surface area contributed by atoms with Gasteiger partial charge in [-0.15, -0.1) is 0 Å². The van der Waals surface area contributed by atoms with Crippen LogP contribution in [-0.2, 0) is 4.79 Å². The van der Waals surface area contributed by atoms with E-state index in [4.69, 9.17) is 0 Å². The maximum absolute atomic E-state index is 11.6. The number of likely N-dealkylation sites (tertiary alicyclic amines) is 1. The van der Waals surface area contributed by atoms with Crippen LogP contribution in [0.15, 0.2) is 36.0 Å². The van der Waals surface area contributed by atoms with Gasteiger partial charge in [0, 0.05) is 37.0 Å². The number of carbonyl (C=O) groups is 1. The zero-order valence-electron chi connectivity index (χ0n) is 10.8. The van der Waals surface area contributed by atoms with E-state index in [9.17, 15) is 4.79 Å². The Kier molecular flexibility index (Phi) is 3.15. The summed E-state index contributed by atoms with van der Waals surface area (Å²) in [5.74, 6) is 1.82. The first-order chi connectivity index (χ1) is 9.29. The highest BCUT2D eigenvalue weighted by Gasteiger charge is 2.31. The summed E-state index contributed by atoms with van der Waals surface area (Å²) in [6.45, 7) is 5.17. The number of fused-ring (bicyclic) bond motifs is 1. The summed E-state index contributed by atoms with van der Waals surface area (Å²) in [7, 11) is 0. The molecule has 1 saturated heterocycles. The molecular weight excluding hydrogens is 238 g/mol. The normalized spacial score (nSPS) is 22.3. The molecule has 3 heterocycles. The van der Waals surface area contributed by atoms with Crippen LogP contribution in [0.2, 0.25) is 0 Å². The largest absolute Gasteiger partial charge is 0.339 e. The summed E-state index contributed by atoms with van der Waals surface area (Å²) >= 11 is 0. The second-order valence-corrected chi connectivity index (χ2v) is 5.09. The highest BCUT2D eigenvalue weighted by molar-refractivity contribution is 5.87. The van der Waals surface area contributed by atoms with Crippen molar-refractivity contribution in [3.05, 3.63) is 36.5 Å². The highest BCUT2D eigenvalue weighted by Crippen LogP contribution is 2.38. The molecule has 1 amide bonds. The van der Waals surface area contributed by atoms with Crippen molar-refractivity contribution in [2.45, 2.75) is 18.8 Å². The van der Waals surface area contributed by atoms with Crippen molar-refractivity contribution in [2.75, 3.05) is 13.1 Å². The summed E-state index contributed by atoms with van der Waals surface area (Å²) in [4.78, 5) is 22.1. The third kappa shape index (κ3) is 2.18. The smallest absolute Gasteiger partial charge is 0.245 e. The quantitative estimate of drug-likeness (QED) is 0.761. The number of aromatic nitrogens is 1. The van der Waals surface area contributed by atoms with Gasteiger partial charge >= 0.3 is 0 Å². The maximum atomic E-state index is 11.6. The lowest BCUT2D eigenvalue weighted by atomic mass is 9.82. The molecule has 1 aromatic heterocycles. The molecule has 0 aliphatic carbocycles. The van der Waals surface area contributed by atoms with Gasteiger partial charge in [-0.2, -0.15) is 0 Å². The van der Waals surface area contributed by atoms with Gasteiger partial charge in [0.15, 0.2) is 5.82 Å². The zero-order chi connectivity index (χ0) is 13.2. The molecule has 1 atom stereocenters. The highest BCUT2D eigenvalue weighted by atomic mass is 16.2. The Hall–Kier alpha value is -1.97. The second-order valence-electron chi connectivity index (χ2n) is 5.09. The first-order valence-electron chi connectivity index (χ1n) is 6.70. The fraction of sp³-hybridized carbons (Fsp3) is 0.400. The third-order valence-corrected chi connectivity index (χ3v) is 4.07. The van der Waals surface area contributed by atoms with Crippen molar-refractivity contribution in [3.8, 4) is 0 Å². The number of nitrogens with zero attached hydrogens (tertiary/aromatic N) is 3. The molecule has 1 aromatic rings. The molecule has 0 aromatic carbocycles. The minimum absolute atomic E-state index is 0.0422. The molecule has 1 unspecified atom stereocenters. The third-order valence-electron chi connectivity index (χ3n) is 4.07. The topological polar surface area (TPSA) is 45.6 Å². The molecule has 4 heteroatoms. The van der Waals surface area contributed by atoms with Gasteiger partial charge in [0.2, 0.25) is 5.91 Å². The van der Waals surface area contributed by atoms with Crippen molar-refractivity contribution in [2.24, 2.45) is 10.9 Å². The SMILES string of the molecule is C=CC(=O)N1CCC(C2C=Nc3ncccc32)CC1. The summed E-state index contributed by atoms with van der Waals surface area (Å²) in [6.07, 6.45) is 7.24. The number of pyridine rings is 1. The minimum atomic E-state index is 0.0422. The van der Waals surface area contributed by atoms with Gasteiger partial charge in [0.05, 0.1) is 0 Å². The van der Waals surface area contributed by atoms with E-state index in [0.29, 0.717) is 11.8 Å². The Labute approximate surface area is 112 Å². The standard InChI is InChI=1S/C15H17N3O/c1-2-14(19)18-8-5-11(6-9-18)13-10-17-15-12(13)4-3-7-16-15/h2-4,7,10-11,13H,1,5-6,8-9H2. The number of hydrogen-bond acceptors (Lipinski definition) is 3. The Balaban J connectivity index is 1.69. The summed E-state index contributed by atoms with van der Waals surface area (Å²) < 4.78 is 0. The van der Waals surface area contributed by atoms with E-state index in [2.05, 4.69) is 22.6 Å². The number of amides is 1. The fourth-order valence-corrected chi connectivity index (χ4v) is 2.99. The molecule has 2 aliphatic heterocycles. The molecule has 1 fully saturated rings. The van der Waals surface area contributed by atoms with Crippen LogP contribution < -0.4 is 0 Å². The molecule has 4 nitrogen and oxygen atoms in total.